The Kier molecular flexibility index (Phi) is 3.60. The van der Waals surface area contributed by atoms with E-state index in [1.54, 1.807) is 11.2 Å². The standard InChI is InChI=1S/C13H22N4O2S/c1-9-12(6-14)13(16-15-9)20(18,19)17(7-10-2-3-10)8-11-4-5-11/h10-11H,2-8,14H2,1H3,(H,15,16). The number of rotatable bonds is 7. The smallest absolute Gasteiger partial charge is 0.262 e. The number of aryl methyl sites for hydroxylation is 1. The van der Waals surface area contributed by atoms with Gasteiger partial charge in [-0.15, -0.1) is 0 Å². The van der Waals surface area contributed by atoms with Crippen molar-refractivity contribution in [3.8, 4) is 0 Å². The van der Waals surface area contributed by atoms with E-state index in [0.29, 0.717) is 30.5 Å². The predicted molar refractivity (Wildman–Crippen MR) is 75.4 cm³/mol. The number of hydrogen-bond acceptors (Lipinski definition) is 4. The minimum Gasteiger partial charge on any atom is -0.326 e. The van der Waals surface area contributed by atoms with Crippen molar-refractivity contribution in [1.29, 1.82) is 0 Å². The van der Waals surface area contributed by atoms with Crippen molar-refractivity contribution in [2.45, 2.75) is 44.2 Å². The van der Waals surface area contributed by atoms with E-state index >= 15 is 0 Å². The van der Waals surface area contributed by atoms with Crippen molar-refractivity contribution in [1.82, 2.24) is 14.5 Å². The number of nitrogens with one attached hydrogen (secondary N) is 1. The third kappa shape index (κ3) is 2.75. The normalized spacial score (nSPS) is 19.8. The fourth-order valence-corrected chi connectivity index (χ4v) is 4.22. The Hall–Kier alpha value is -0.920. The van der Waals surface area contributed by atoms with Gasteiger partial charge in [0.05, 0.1) is 0 Å². The van der Waals surface area contributed by atoms with E-state index in [1.165, 1.54) is 0 Å². The highest BCUT2D eigenvalue weighted by Crippen LogP contribution is 2.36. The molecule has 0 bridgehead atoms. The average Bonchev–Trinajstić information content (AvgIpc) is 3.30. The van der Waals surface area contributed by atoms with Crippen LogP contribution in [0.3, 0.4) is 0 Å². The first-order valence-corrected chi connectivity index (χ1v) is 8.70. The van der Waals surface area contributed by atoms with Crippen LogP contribution in [-0.4, -0.2) is 36.0 Å². The zero-order valence-corrected chi connectivity index (χ0v) is 12.6. The molecule has 2 fully saturated rings. The molecule has 0 amide bonds. The number of sulfonamides is 1. The second-order valence-corrected chi connectivity index (χ2v) is 7.90. The molecule has 112 valence electrons. The summed E-state index contributed by atoms with van der Waals surface area (Å²) in [6, 6.07) is 0. The molecule has 7 heteroatoms. The molecule has 2 aliphatic carbocycles. The van der Waals surface area contributed by atoms with Crippen molar-refractivity contribution in [2.24, 2.45) is 17.6 Å². The zero-order valence-electron chi connectivity index (χ0n) is 11.8. The van der Waals surface area contributed by atoms with Crippen LogP contribution in [0.4, 0.5) is 0 Å². The Morgan fingerprint density at radius 1 is 1.25 bits per heavy atom. The highest BCUT2D eigenvalue weighted by atomic mass is 32.2. The Bertz CT molecular complexity index is 574. The molecule has 0 aliphatic heterocycles. The maximum Gasteiger partial charge on any atom is 0.262 e. The summed E-state index contributed by atoms with van der Waals surface area (Å²) >= 11 is 0. The lowest BCUT2D eigenvalue weighted by molar-refractivity contribution is 0.380. The summed E-state index contributed by atoms with van der Waals surface area (Å²) in [6.07, 6.45) is 4.56. The number of aromatic nitrogens is 2. The molecule has 3 rings (SSSR count). The van der Waals surface area contributed by atoms with Crippen molar-refractivity contribution in [3.05, 3.63) is 11.3 Å². The molecular formula is C13H22N4O2S. The van der Waals surface area contributed by atoms with Crippen LogP contribution < -0.4 is 5.73 Å². The molecule has 20 heavy (non-hydrogen) atoms. The van der Waals surface area contributed by atoms with E-state index in [1.807, 2.05) is 0 Å². The lowest BCUT2D eigenvalue weighted by Crippen LogP contribution is -2.35. The van der Waals surface area contributed by atoms with Gasteiger partial charge in [-0.2, -0.15) is 9.40 Å². The van der Waals surface area contributed by atoms with E-state index in [2.05, 4.69) is 10.2 Å². The maximum atomic E-state index is 12.8. The first-order chi connectivity index (χ1) is 9.52. The molecule has 1 aromatic rings. The molecule has 0 atom stereocenters. The van der Waals surface area contributed by atoms with Gasteiger partial charge in [-0.05, 0) is 44.4 Å². The topological polar surface area (TPSA) is 92.1 Å². The van der Waals surface area contributed by atoms with Crippen molar-refractivity contribution < 1.29 is 8.42 Å². The monoisotopic (exact) mass is 298 g/mol. The van der Waals surface area contributed by atoms with Crippen LogP contribution in [0.5, 0.6) is 0 Å². The molecular weight excluding hydrogens is 276 g/mol. The largest absolute Gasteiger partial charge is 0.326 e. The highest BCUT2D eigenvalue weighted by Gasteiger charge is 2.37. The zero-order chi connectivity index (χ0) is 14.3. The van der Waals surface area contributed by atoms with Crippen LogP contribution in [0.25, 0.3) is 0 Å². The summed E-state index contributed by atoms with van der Waals surface area (Å²) in [5.41, 5.74) is 7.03. The average molecular weight is 298 g/mol. The Labute approximate surface area is 119 Å². The second kappa shape index (κ2) is 5.13. The third-order valence-electron chi connectivity index (χ3n) is 4.14. The van der Waals surface area contributed by atoms with Crippen molar-refractivity contribution >= 4 is 10.0 Å². The van der Waals surface area contributed by atoms with E-state index in [0.717, 1.165) is 31.4 Å². The molecule has 6 nitrogen and oxygen atoms in total. The fraction of sp³-hybridized carbons (Fsp3) is 0.769. The molecule has 1 heterocycles. The van der Waals surface area contributed by atoms with Gasteiger partial charge in [-0.25, -0.2) is 8.42 Å². The summed E-state index contributed by atoms with van der Waals surface area (Å²) in [6.45, 7) is 3.27. The Morgan fingerprint density at radius 3 is 2.25 bits per heavy atom. The molecule has 1 aromatic heterocycles. The van der Waals surface area contributed by atoms with Crippen LogP contribution in [0.15, 0.2) is 5.03 Å². The van der Waals surface area contributed by atoms with Gasteiger partial charge in [0.15, 0.2) is 5.03 Å². The van der Waals surface area contributed by atoms with Gasteiger partial charge >= 0.3 is 0 Å². The van der Waals surface area contributed by atoms with Gasteiger partial charge in [0.2, 0.25) is 0 Å². The van der Waals surface area contributed by atoms with Crippen LogP contribution in [0.2, 0.25) is 0 Å². The highest BCUT2D eigenvalue weighted by molar-refractivity contribution is 7.89. The molecule has 3 N–H and O–H groups in total. The first-order valence-electron chi connectivity index (χ1n) is 7.26. The van der Waals surface area contributed by atoms with E-state index in [4.69, 9.17) is 5.73 Å². The van der Waals surface area contributed by atoms with Gasteiger partial charge in [-0.3, -0.25) is 5.10 Å². The fourth-order valence-electron chi connectivity index (χ4n) is 2.45. The summed E-state index contributed by atoms with van der Waals surface area (Å²) in [5, 5.41) is 6.87. The lowest BCUT2D eigenvalue weighted by Gasteiger charge is -2.21. The van der Waals surface area contributed by atoms with Crippen LogP contribution in [0.1, 0.15) is 36.9 Å². The predicted octanol–water partition coefficient (Wildman–Crippen LogP) is 0.988. The number of nitrogens with two attached hydrogens (primary N) is 1. The number of nitrogens with zero attached hydrogens (tertiary/aromatic N) is 2. The van der Waals surface area contributed by atoms with Crippen LogP contribution in [0, 0.1) is 18.8 Å². The molecule has 0 spiro atoms. The minimum atomic E-state index is -3.52. The SMILES string of the molecule is Cc1[nH]nc(S(=O)(=O)N(CC2CC2)CC2CC2)c1CN. The van der Waals surface area contributed by atoms with Crippen LogP contribution >= 0.6 is 0 Å². The summed E-state index contributed by atoms with van der Waals surface area (Å²) < 4.78 is 27.3. The van der Waals surface area contributed by atoms with E-state index < -0.39 is 10.0 Å². The molecule has 0 radical (unpaired) electrons. The molecule has 2 saturated carbocycles. The van der Waals surface area contributed by atoms with Gasteiger partial charge in [0.1, 0.15) is 0 Å². The first kappa shape index (κ1) is 14.0. The molecule has 0 saturated heterocycles. The summed E-state index contributed by atoms with van der Waals surface area (Å²) in [4.78, 5) is 0. The van der Waals surface area contributed by atoms with Gasteiger partial charge in [0.25, 0.3) is 10.0 Å². The van der Waals surface area contributed by atoms with E-state index in [-0.39, 0.29) is 11.6 Å². The van der Waals surface area contributed by atoms with Crippen molar-refractivity contribution in [2.75, 3.05) is 13.1 Å². The maximum absolute atomic E-state index is 12.8. The molecule has 0 unspecified atom stereocenters. The van der Waals surface area contributed by atoms with Gasteiger partial charge in [-0.1, -0.05) is 0 Å². The Balaban J connectivity index is 1.89. The second-order valence-electron chi connectivity index (χ2n) is 6.05. The van der Waals surface area contributed by atoms with E-state index in [9.17, 15) is 8.42 Å². The number of H-pyrrole nitrogens is 1. The summed E-state index contributed by atoms with van der Waals surface area (Å²) in [5.74, 6) is 1.06. The summed E-state index contributed by atoms with van der Waals surface area (Å²) in [7, 11) is -3.52. The molecule has 0 aromatic carbocycles. The minimum absolute atomic E-state index is 0.124. The number of hydrogen-bond donors (Lipinski definition) is 2. The van der Waals surface area contributed by atoms with Crippen LogP contribution in [-0.2, 0) is 16.6 Å². The van der Waals surface area contributed by atoms with Gasteiger partial charge in [0, 0.05) is 30.9 Å². The number of aromatic amines is 1. The van der Waals surface area contributed by atoms with Crippen molar-refractivity contribution in [3.63, 3.8) is 0 Å². The lowest BCUT2D eigenvalue weighted by atomic mass is 10.3. The third-order valence-corrected chi connectivity index (χ3v) is 5.95. The molecule has 2 aliphatic rings. The van der Waals surface area contributed by atoms with Gasteiger partial charge < -0.3 is 5.73 Å². The quantitative estimate of drug-likeness (QED) is 0.785. The Morgan fingerprint density at radius 2 is 1.80 bits per heavy atom.